The molecule has 0 atom stereocenters. The molecule has 1 N–H and O–H groups in total. The quantitative estimate of drug-likeness (QED) is 0.163. The van der Waals surface area contributed by atoms with Crippen molar-refractivity contribution in [1.82, 2.24) is 10.2 Å². The Morgan fingerprint density at radius 2 is 1.20 bits per heavy atom. The van der Waals surface area contributed by atoms with Crippen LogP contribution in [0.15, 0.2) is 84.9 Å². The highest BCUT2D eigenvalue weighted by Crippen LogP contribution is 2.37. The molecular formula is C34H44N2O5. The molecule has 0 bridgehead atoms. The van der Waals surface area contributed by atoms with E-state index in [1.165, 1.54) is 4.90 Å². The number of carbonyl (C=O) groups excluding carboxylic acids is 2. The summed E-state index contributed by atoms with van der Waals surface area (Å²) in [5.74, 6) is 0.302. The number of amides is 1. The molecular weight excluding hydrogens is 516 g/mol. The van der Waals surface area contributed by atoms with Gasteiger partial charge < -0.3 is 14.2 Å². The van der Waals surface area contributed by atoms with Gasteiger partial charge in [0.05, 0.1) is 12.6 Å². The summed E-state index contributed by atoms with van der Waals surface area (Å²) in [5, 5.41) is 3.82. The van der Waals surface area contributed by atoms with Gasteiger partial charge in [-0.2, -0.15) is 0 Å². The summed E-state index contributed by atoms with van der Waals surface area (Å²) < 4.78 is 16.5. The molecule has 3 aromatic carbocycles. The second kappa shape index (κ2) is 13.7. The Morgan fingerprint density at radius 1 is 0.707 bits per heavy atom. The predicted molar refractivity (Wildman–Crippen MR) is 162 cm³/mol. The van der Waals surface area contributed by atoms with Gasteiger partial charge in [0, 0.05) is 6.54 Å². The molecule has 0 aliphatic rings. The van der Waals surface area contributed by atoms with Crippen molar-refractivity contribution in [1.29, 1.82) is 0 Å². The van der Waals surface area contributed by atoms with Crippen LogP contribution in [-0.2, 0) is 19.8 Å². The van der Waals surface area contributed by atoms with E-state index >= 15 is 0 Å². The highest BCUT2D eigenvalue weighted by Gasteiger charge is 2.36. The van der Waals surface area contributed by atoms with Crippen LogP contribution in [0.5, 0.6) is 5.75 Å². The summed E-state index contributed by atoms with van der Waals surface area (Å²) in [6.07, 6.45) is 0.0236. The van der Waals surface area contributed by atoms with Gasteiger partial charge in [-0.25, -0.2) is 4.79 Å². The average Bonchev–Trinajstić information content (AvgIpc) is 2.92. The van der Waals surface area contributed by atoms with Crippen molar-refractivity contribution in [2.45, 2.75) is 64.7 Å². The molecule has 41 heavy (non-hydrogen) atoms. The topological polar surface area (TPSA) is 77.1 Å². The normalized spacial score (nSPS) is 12.0. The van der Waals surface area contributed by atoms with Crippen LogP contribution in [0, 0.1) is 0 Å². The molecule has 220 valence electrons. The zero-order valence-corrected chi connectivity index (χ0v) is 25.4. The van der Waals surface area contributed by atoms with Crippen LogP contribution in [0.3, 0.4) is 0 Å². The van der Waals surface area contributed by atoms with Gasteiger partial charge in [0.1, 0.15) is 23.5 Å². The van der Waals surface area contributed by atoms with Gasteiger partial charge in [0.2, 0.25) is 0 Å². The lowest BCUT2D eigenvalue weighted by atomic mass is 9.77. The van der Waals surface area contributed by atoms with Crippen molar-refractivity contribution in [3.63, 3.8) is 0 Å². The molecule has 0 heterocycles. The average molecular weight is 561 g/mol. The van der Waals surface area contributed by atoms with E-state index in [9.17, 15) is 9.59 Å². The van der Waals surface area contributed by atoms with Crippen LogP contribution in [0.4, 0.5) is 4.79 Å². The zero-order valence-electron chi connectivity index (χ0n) is 25.4. The lowest BCUT2D eigenvalue weighted by Crippen LogP contribution is -2.46. The fraction of sp³-hybridized carbons (Fsp3) is 0.412. The van der Waals surface area contributed by atoms with Gasteiger partial charge in [-0.1, -0.05) is 72.8 Å². The number of benzene rings is 3. The van der Waals surface area contributed by atoms with Gasteiger partial charge in [-0.05, 0) is 83.3 Å². The molecule has 0 aliphatic carbocycles. The fourth-order valence-electron chi connectivity index (χ4n) is 4.66. The van der Waals surface area contributed by atoms with Crippen LogP contribution >= 0.6 is 0 Å². The maximum absolute atomic E-state index is 13.0. The number of nitrogens with one attached hydrogen (secondary N) is 1. The smallest absolute Gasteiger partial charge is 0.410 e. The summed E-state index contributed by atoms with van der Waals surface area (Å²) in [5.41, 5.74) is 1.20. The third-order valence-electron chi connectivity index (χ3n) is 6.32. The second-order valence-electron chi connectivity index (χ2n) is 12.0. The van der Waals surface area contributed by atoms with Crippen LogP contribution < -0.4 is 10.1 Å². The number of rotatable bonds is 11. The zero-order chi connectivity index (χ0) is 30.1. The van der Waals surface area contributed by atoms with E-state index in [0.29, 0.717) is 19.5 Å². The van der Waals surface area contributed by atoms with Gasteiger partial charge in [-0.3, -0.25) is 15.0 Å². The molecule has 0 aromatic heterocycles. The Morgan fingerprint density at radius 3 is 1.66 bits per heavy atom. The van der Waals surface area contributed by atoms with Gasteiger partial charge in [0.15, 0.2) is 0 Å². The molecule has 3 rings (SSSR count). The van der Waals surface area contributed by atoms with Crippen molar-refractivity contribution in [2.75, 3.05) is 26.7 Å². The largest absolute Gasteiger partial charge is 0.497 e. The number of ether oxygens (including phenoxy) is 3. The predicted octanol–water partition coefficient (Wildman–Crippen LogP) is 6.55. The summed E-state index contributed by atoms with van der Waals surface area (Å²) in [4.78, 5) is 27.1. The van der Waals surface area contributed by atoms with Crippen molar-refractivity contribution >= 4 is 12.1 Å². The maximum atomic E-state index is 13.0. The summed E-state index contributed by atoms with van der Waals surface area (Å²) in [7, 11) is 1.66. The van der Waals surface area contributed by atoms with Crippen molar-refractivity contribution in [3.8, 4) is 5.75 Å². The molecule has 0 spiro atoms. The highest BCUT2D eigenvalue weighted by atomic mass is 16.6. The number of carbonyl (C=O) groups is 2. The number of esters is 1. The van der Waals surface area contributed by atoms with E-state index in [0.717, 1.165) is 22.4 Å². The molecule has 0 fully saturated rings. The Hall–Kier alpha value is -3.84. The molecule has 7 nitrogen and oxygen atoms in total. The van der Waals surface area contributed by atoms with E-state index in [1.54, 1.807) is 48.7 Å². The van der Waals surface area contributed by atoms with E-state index < -0.39 is 28.8 Å². The molecule has 3 aromatic rings. The second-order valence-corrected chi connectivity index (χ2v) is 12.0. The van der Waals surface area contributed by atoms with E-state index in [4.69, 9.17) is 14.2 Å². The van der Waals surface area contributed by atoms with E-state index in [2.05, 4.69) is 41.7 Å². The lowest BCUT2D eigenvalue weighted by Gasteiger charge is -2.37. The molecule has 1 amide bonds. The summed E-state index contributed by atoms with van der Waals surface area (Å²) >= 11 is 0. The lowest BCUT2D eigenvalue weighted by molar-refractivity contribution is -0.156. The van der Waals surface area contributed by atoms with E-state index in [-0.39, 0.29) is 6.54 Å². The van der Waals surface area contributed by atoms with Crippen molar-refractivity contribution < 1.29 is 23.8 Å². The number of nitrogens with zero attached hydrogens (tertiary/aromatic N) is 1. The van der Waals surface area contributed by atoms with Crippen molar-refractivity contribution in [2.24, 2.45) is 0 Å². The highest BCUT2D eigenvalue weighted by molar-refractivity contribution is 5.78. The van der Waals surface area contributed by atoms with Crippen LogP contribution in [0.2, 0.25) is 0 Å². The number of methoxy groups -OCH3 is 1. The van der Waals surface area contributed by atoms with Gasteiger partial charge in [0.25, 0.3) is 0 Å². The minimum atomic E-state index is -0.689. The van der Waals surface area contributed by atoms with Gasteiger partial charge in [-0.15, -0.1) is 0 Å². The third kappa shape index (κ3) is 9.08. The Kier molecular flexibility index (Phi) is 10.6. The fourth-order valence-corrected chi connectivity index (χ4v) is 4.66. The Bertz CT molecular complexity index is 1210. The van der Waals surface area contributed by atoms with Crippen LogP contribution in [0.1, 0.15) is 64.7 Å². The Labute approximate surface area is 244 Å². The first-order chi connectivity index (χ1) is 19.3. The number of hydrogen-bond acceptors (Lipinski definition) is 6. The third-order valence-corrected chi connectivity index (χ3v) is 6.32. The molecule has 0 aliphatic heterocycles. The summed E-state index contributed by atoms with van der Waals surface area (Å²) in [6, 6.07) is 28.6. The standard InChI is InChI=1S/C34H44N2O5/c1-32(2,3)40-30(37)25-36(31(38)41-33(4,5)6)24-14-23-35-34(26-15-10-8-11-16-26,27-17-12-9-13-18-27)28-19-21-29(39-7)22-20-28/h8-13,15-22,35H,14,23-25H2,1-7H3. The molecule has 0 saturated heterocycles. The van der Waals surface area contributed by atoms with Gasteiger partial charge >= 0.3 is 12.1 Å². The first-order valence-corrected chi connectivity index (χ1v) is 14.0. The maximum Gasteiger partial charge on any atom is 0.410 e. The molecule has 0 saturated carbocycles. The van der Waals surface area contributed by atoms with Crippen molar-refractivity contribution in [3.05, 3.63) is 102 Å². The minimum Gasteiger partial charge on any atom is -0.497 e. The minimum absolute atomic E-state index is 0.187. The SMILES string of the molecule is COc1ccc(C(NCCCN(CC(=O)OC(C)(C)C)C(=O)OC(C)(C)C)(c2ccccc2)c2ccccc2)cc1. The molecule has 0 unspecified atom stereocenters. The van der Waals surface area contributed by atoms with Crippen LogP contribution in [0.25, 0.3) is 0 Å². The first kappa shape index (κ1) is 31.7. The van der Waals surface area contributed by atoms with E-state index in [1.807, 2.05) is 48.5 Å². The van der Waals surface area contributed by atoms with Crippen LogP contribution in [-0.4, -0.2) is 54.9 Å². The molecule has 0 radical (unpaired) electrons. The monoisotopic (exact) mass is 560 g/mol. The Balaban J connectivity index is 1.90. The first-order valence-electron chi connectivity index (χ1n) is 14.0. The summed E-state index contributed by atoms with van der Waals surface area (Å²) in [6.45, 7) is 11.5. The molecule has 7 heteroatoms. The number of hydrogen-bond donors (Lipinski definition) is 1.